The Hall–Kier alpha value is -2.07. The molecule has 0 bridgehead atoms. The highest BCUT2D eigenvalue weighted by Gasteiger charge is 2.12. The Bertz CT molecular complexity index is 748. The smallest absolute Gasteiger partial charge is 0.190 e. The van der Waals surface area contributed by atoms with Crippen LogP contribution >= 0.6 is 11.3 Å². The van der Waals surface area contributed by atoms with Gasteiger partial charge in [0.25, 0.3) is 0 Å². The summed E-state index contributed by atoms with van der Waals surface area (Å²) in [4.78, 5) is 6.95. The molecule has 2 N–H and O–H groups in total. The van der Waals surface area contributed by atoms with Crippen LogP contribution in [0.4, 0.5) is 16.5 Å². The minimum atomic E-state index is 0.784. The first-order valence-corrected chi connectivity index (χ1v) is 7.49. The summed E-state index contributed by atoms with van der Waals surface area (Å²) in [5, 5.41) is 1.01. The van der Waals surface area contributed by atoms with Crippen molar-refractivity contribution in [3.8, 4) is 0 Å². The summed E-state index contributed by atoms with van der Waals surface area (Å²) in [6, 6.07) is 14.4. The van der Waals surface area contributed by atoms with Crippen molar-refractivity contribution in [3.63, 3.8) is 0 Å². The van der Waals surface area contributed by atoms with Gasteiger partial charge in [-0.3, -0.25) is 0 Å². The number of thiazole rings is 1. The normalized spacial score (nSPS) is 10.9. The van der Waals surface area contributed by atoms with Crippen LogP contribution in [0.25, 0.3) is 10.2 Å². The summed E-state index contributed by atoms with van der Waals surface area (Å²) in [6.07, 6.45) is 0. The summed E-state index contributed by atoms with van der Waals surface area (Å²) in [5.41, 5.74) is 10.1. The van der Waals surface area contributed by atoms with Crippen molar-refractivity contribution in [3.05, 3.63) is 48.0 Å². The summed E-state index contributed by atoms with van der Waals surface area (Å²) in [6.45, 7) is 5.14. The SMILES string of the molecule is CCN(c1cccc(C)c1)c1nc2ccc(N)cc2s1. The zero-order valence-corrected chi connectivity index (χ0v) is 12.4. The number of nitrogens with zero attached hydrogens (tertiary/aromatic N) is 2. The van der Waals surface area contributed by atoms with E-state index in [1.807, 2.05) is 18.2 Å². The van der Waals surface area contributed by atoms with Crippen LogP contribution in [-0.2, 0) is 0 Å². The number of fused-ring (bicyclic) bond motifs is 1. The molecule has 1 heterocycles. The molecule has 0 unspecified atom stereocenters. The molecule has 4 heteroatoms. The quantitative estimate of drug-likeness (QED) is 0.727. The van der Waals surface area contributed by atoms with Crippen molar-refractivity contribution in [2.45, 2.75) is 13.8 Å². The van der Waals surface area contributed by atoms with Gasteiger partial charge in [-0.2, -0.15) is 0 Å². The van der Waals surface area contributed by atoms with E-state index >= 15 is 0 Å². The molecule has 0 spiro atoms. The largest absolute Gasteiger partial charge is 0.399 e. The molecule has 3 nitrogen and oxygen atoms in total. The van der Waals surface area contributed by atoms with E-state index in [9.17, 15) is 0 Å². The average molecular weight is 283 g/mol. The van der Waals surface area contributed by atoms with Crippen LogP contribution in [0.5, 0.6) is 0 Å². The molecule has 1 aromatic heterocycles. The van der Waals surface area contributed by atoms with E-state index < -0.39 is 0 Å². The van der Waals surface area contributed by atoms with Gasteiger partial charge in [0.15, 0.2) is 5.13 Å². The van der Waals surface area contributed by atoms with Crippen molar-refractivity contribution in [2.24, 2.45) is 0 Å². The van der Waals surface area contributed by atoms with Gasteiger partial charge in [-0.25, -0.2) is 4.98 Å². The number of nitrogen functional groups attached to an aromatic ring is 1. The number of nitrogens with two attached hydrogens (primary N) is 1. The number of hydrogen-bond acceptors (Lipinski definition) is 4. The summed E-state index contributed by atoms with van der Waals surface area (Å²) in [5.74, 6) is 0. The molecule has 3 aromatic rings. The maximum absolute atomic E-state index is 5.84. The number of benzene rings is 2. The van der Waals surface area contributed by atoms with Gasteiger partial charge in [-0.05, 0) is 49.7 Å². The monoisotopic (exact) mass is 283 g/mol. The minimum absolute atomic E-state index is 0.784. The zero-order chi connectivity index (χ0) is 14.1. The van der Waals surface area contributed by atoms with E-state index in [1.54, 1.807) is 11.3 Å². The molecule has 0 saturated carbocycles. The second-order valence-corrected chi connectivity index (χ2v) is 5.82. The molecule has 0 fully saturated rings. The summed E-state index contributed by atoms with van der Waals surface area (Å²) < 4.78 is 1.13. The van der Waals surface area contributed by atoms with Crippen molar-refractivity contribution in [1.29, 1.82) is 0 Å². The average Bonchev–Trinajstić information content (AvgIpc) is 2.82. The third-order valence-electron chi connectivity index (χ3n) is 3.26. The van der Waals surface area contributed by atoms with Crippen LogP contribution in [0.15, 0.2) is 42.5 Å². The highest BCUT2D eigenvalue weighted by atomic mass is 32.1. The van der Waals surface area contributed by atoms with Crippen molar-refractivity contribution in [2.75, 3.05) is 17.2 Å². The van der Waals surface area contributed by atoms with E-state index in [4.69, 9.17) is 10.7 Å². The fourth-order valence-electron chi connectivity index (χ4n) is 2.27. The molecule has 102 valence electrons. The first-order chi connectivity index (χ1) is 9.67. The van der Waals surface area contributed by atoms with E-state index in [-0.39, 0.29) is 0 Å². The Morgan fingerprint density at radius 2 is 2.05 bits per heavy atom. The van der Waals surface area contributed by atoms with Gasteiger partial charge in [0.2, 0.25) is 0 Å². The lowest BCUT2D eigenvalue weighted by Crippen LogP contribution is -2.15. The first-order valence-electron chi connectivity index (χ1n) is 6.67. The van der Waals surface area contributed by atoms with Gasteiger partial charge in [0.05, 0.1) is 10.2 Å². The fraction of sp³-hybridized carbons (Fsp3) is 0.188. The van der Waals surface area contributed by atoms with Crippen molar-refractivity contribution in [1.82, 2.24) is 4.98 Å². The van der Waals surface area contributed by atoms with Crippen LogP contribution < -0.4 is 10.6 Å². The molecular weight excluding hydrogens is 266 g/mol. The Morgan fingerprint density at radius 1 is 1.20 bits per heavy atom. The van der Waals surface area contributed by atoms with Gasteiger partial charge in [-0.15, -0.1) is 0 Å². The summed E-state index contributed by atoms with van der Waals surface area (Å²) in [7, 11) is 0. The number of aryl methyl sites for hydroxylation is 1. The number of aromatic nitrogens is 1. The van der Waals surface area contributed by atoms with Crippen molar-refractivity contribution < 1.29 is 0 Å². The van der Waals surface area contributed by atoms with Gasteiger partial charge < -0.3 is 10.6 Å². The Balaban J connectivity index is 2.07. The van der Waals surface area contributed by atoms with Gasteiger partial charge >= 0.3 is 0 Å². The lowest BCUT2D eigenvalue weighted by Gasteiger charge is -2.20. The summed E-state index contributed by atoms with van der Waals surface area (Å²) >= 11 is 1.68. The molecule has 0 aliphatic rings. The number of anilines is 3. The number of hydrogen-bond donors (Lipinski definition) is 1. The van der Waals surface area contributed by atoms with E-state index in [2.05, 4.69) is 43.0 Å². The molecule has 0 saturated heterocycles. The highest BCUT2D eigenvalue weighted by Crippen LogP contribution is 2.34. The van der Waals surface area contributed by atoms with E-state index in [0.29, 0.717) is 0 Å². The molecule has 0 atom stereocenters. The molecule has 3 rings (SSSR count). The first kappa shape index (κ1) is 12.9. The zero-order valence-electron chi connectivity index (χ0n) is 11.6. The minimum Gasteiger partial charge on any atom is -0.399 e. The van der Waals surface area contributed by atoms with Crippen LogP contribution in [-0.4, -0.2) is 11.5 Å². The van der Waals surface area contributed by atoms with Gasteiger partial charge in [0, 0.05) is 17.9 Å². The molecule has 0 aliphatic carbocycles. The second kappa shape index (κ2) is 5.13. The standard InChI is InChI=1S/C16H17N3S/c1-3-19(13-6-4-5-11(2)9-13)16-18-14-8-7-12(17)10-15(14)20-16/h4-10H,3,17H2,1-2H3. The van der Waals surface area contributed by atoms with Crippen LogP contribution in [0, 0.1) is 6.92 Å². The van der Waals surface area contributed by atoms with Crippen LogP contribution in [0.3, 0.4) is 0 Å². The molecule has 0 amide bonds. The topological polar surface area (TPSA) is 42.2 Å². The van der Waals surface area contributed by atoms with Crippen LogP contribution in [0.2, 0.25) is 0 Å². The Morgan fingerprint density at radius 3 is 2.80 bits per heavy atom. The highest BCUT2D eigenvalue weighted by molar-refractivity contribution is 7.22. The Kier molecular flexibility index (Phi) is 3.32. The molecule has 0 aliphatic heterocycles. The third-order valence-corrected chi connectivity index (χ3v) is 4.30. The predicted octanol–water partition coefficient (Wildman–Crippen LogP) is 4.34. The maximum Gasteiger partial charge on any atom is 0.190 e. The number of rotatable bonds is 3. The lowest BCUT2D eigenvalue weighted by atomic mass is 10.2. The fourth-order valence-corrected chi connectivity index (χ4v) is 3.37. The lowest BCUT2D eigenvalue weighted by molar-refractivity contribution is 1.01. The molecular formula is C16H17N3S. The maximum atomic E-state index is 5.84. The molecule has 0 radical (unpaired) electrons. The third kappa shape index (κ3) is 2.34. The molecule has 20 heavy (non-hydrogen) atoms. The Labute approximate surface area is 122 Å². The molecule has 2 aromatic carbocycles. The van der Waals surface area contributed by atoms with E-state index in [1.165, 1.54) is 11.3 Å². The van der Waals surface area contributed by atoms with Gasteiger partial charge in [0.1, 0.15) is 0 Å². The van der Waals surface area contributed by atoms with Crippen molar-refractivity contribution >= 4 is 38.1 Å². The van der Waals surface area contributed by atoms with Crippen LogP contribution in [0.1, 0.15) is 12.5 Å². The van der Waals surface area contributed by atoms with Gasteiger partial charge in [-0.1, -0.05) is 23.5 Å². The predicted molar refractivity (Wildman–Crippen MR) is 87.9 cm³/mol. The van der Waals surface area contributed by atoms with E-state index in [0.717, 1.165) is 27.6 Å². The second-order valence-electron chi connectivity index (χ2n) is 4.81.